The number of unbranched alkanes of at least 4 members (excludes halogenated alkanes) is 1. The first-order chi connectivity index (χ1) is 13.0. The van der Waals surface area contributed by atoms with E-state index >= 15 is 0 Å². The third kappa shape index (κ3) is 6.96. The number of fused-ring (bicyclic) bond motifs is 1. The maximum atomic E-state index is 11.8. The summed E-state index contributed by atoms with van der Waals surface area (Å²) in [6, 6.07) is -0.221. The summed E-state index contributed by atoms with van der Waals surface area (Å²) in [4.78, 5) is 34.9. The lowest BCUT2D eigenvalue weighted by molar-refractivity contribution is -0.123. The summed E-state index contributed by atoms with van der Waals surface area (Å²) in [6.07, 6.45) is 9.28. The molecule has 2 fully saturated rings. The Morgan fingerprint density at radius 3 is 2.85 bits per heavy atom. The summed E-state index contributed by atoms with van der Waals surface area (Å²) in [5.41, 5.74) is 5.69. The Morgan fingerprint density at radius 2 is 2.07 bits per heavy atom. The lowest BCUT2D eigenvalue weighted by Crippen LogP contribution is -2.43. The van der Waals surface area contributed by atoms with Crippen LogP contribution >= 0.6 is 11.8 Å². The van der Waals surface area contributed by atoms with Crippen LogP contribution in [0.15, 0.2) is 0 Å². The van der Waals surface area contributed by atoms with Crippen molar-refractivity contribution in [1.29, 1.82) is 0 Å². The molecule has 0 spiro atoms. The molecule has 2 heterocycles. The van der Waals surface area contributed by atoms with Crippen LogP contribution in [0.3, 0.4) is 0 Å². The van der Waals surface area contributed by atoms with E-state index in [0.29, 0.717) is 37.6 Å². The Bertz CT molecular complexity index is 580. The number of nitrogens with two attached hydrogens (primary N) is 1. The zero-order valence-electron chi connectivity index (χ0n) is 15.5. The van der Waals surface area contributed by atoms with Gasteiger partial charge in [0.15, 0.2) is 0 Å². The summed E-state index contributed by atoms with van der Waals surface area (Å²) in [5.74, 6) is 3.13. The molecule has 0 radical (unpaired) electrons. The fourth-order valence-corrected chi connectivity index (χ4v) is 4.79. The SMILES string of the molecule is C#CCCC(N)C(=O)NCCNC(=O)CCCCC1SCC2NC(=O)NC21. The molecule has 150 valence electrons. The maximum Gasteiger partial charge on any atom is 0.315 e. The van der Waals surface area contributed by atoms with Crippen LogP contribution < -0.4 is 27.0 Å². The van der Waals surface area contributed by atoms with Gasteiger partial charge >= 0.3 is 6.03 Å². The molecule has 0 aliphatic carbocycles. The Hall–Kier alpha value is -1.92. The fraction of sp³-hybridized carbons (Fsp3) is 0.722. The van der Waals surface area contributed by atoms with Gasteiger partial charge in [-0.25, -0.2) is 4.79 Å². The van der Waals surface area contributed by atoms with E-state index in [4.69, 9.17) is 12.2 Å². The van der Waals surface area contributed by atoms with Crippen LogP contribution in [-0.4, -0.2) is 60.1 Å². The number of carbonyl (C=O) groups excluding carboxylic acids is 3. The fourth-order valence-electron chi connectivity index (χ4n) is 3.25. The number of thioether (sulfide) groups is 1. The first kappa shape index (κ1) is 21.4. The van der Waals surface area contributed by atoms with Crippen LogP contribution in [-0.2, 0) is 9.59 Å². The molecule has 4 atom stereocenters. The average molecular weight is 396 g/mol. The van der Waals surface area contributed by atoms with Crippen LogP contribution in [0, 0.1) is 12.3 Å². The minimum atomic E-state index is -0.607. The summed E-state index contributed by atoms with van der Waals surface area (Å²) < 4.78 is 0. The standard InChI is InChI=1S/C18H29N5O3S/c1-2-3-6-12(19)17(25)21-10-9-20-15(24)8-5-4-7-14-16-13(11-27-14)22-18(26)23-16/h1,12-14,16H,3-11,19H2,(H,20,24)(H,21,25)(H2,22,23,26). The minimum absolute atomic E-state index is 0.0198. The van der Waals surface area contributed by atoms with Gasteiger partial charge in [-0.05, 0) is 19.3 Å². The highest BCUT2D eigenvalue weighted by Gasteiger charge is 2.42. The van der Waals surface area contributed by atoms with Gasteiger partial charge < -0.3 is 27.0 Å². The van der Waals surface area contributed by atoms with Crippen LogP contribution in [0.1, 0.15) is 38.5 Å². The Morgan fingerprint density at radius 1 is 1.30 bits per heavy atom. The summed E-state index contributed by atoms with van der Waals surface area (Å²) in [6.45, 7) is 0.731. The molecule has 4 unspecified atom stereocenters. The van der Waals surface area contributed by atoms with Crippen molar-refractivity contribution in [2.24, 2.45) is 5.73 Å². The van der Waals surface area contributed by atoms with Gasteiger partial charge in [0.05, 0.1) is 18.1 Å². The maximum absolute atomic E-state index is 11.8. The summed E-state index contributed by atoms with van der Waals surface area (Å²) >= 11 is 1.88. The normalized spacial score (nSPS) is 24.3. The lowest BCUT2D eigenvalue weighted by atomic mass is 10.0. The molecule has 0 aromatic rings. The zero-order valence-corrected chi connectivity index (χ0v) is 16.3. The lowest BCUT2D eigenvalue weighted by Gasteiger charge is -2.16. The van der Waals surface area contributed by atoms with Gasteiger partial charge in [0, 0.05) is 36.9 Å². The average Bonchev–Trinajstić information content (AvgIpc) is 3.19. The van der Waals surface area contributed by atoms with E-state index in [1.54, 1.807) is 0 Å². The van der Waals surface area contributed by atoms with Gasteiger partial charge in [-0.15, -0.1) is 12.3 Å². The highest BCUT2D eigenvalue weighted by molar-refractivity contribution is 8.00. The second-order valence-electron chi connectivity index (χ2n) is 6.86. The number of terminal acetylenes is 1. The van der Waals surface area contributed by atoms with Gasteiger partial charge in [0.2, 0.25) is 11.8 Å². The predicted octanol–water partition coefficient (Wildman–Crippen LogP) is -0.315. The van der Waals surface area contributed by atoms with E-state index in [0.717, 1.165) is 25.0 Å². The molecular weight excluding hydrogens is 366 g/mol. The van der Waals surface area contributed by atoms with Crippen LogP contribution in [0.2, 0.25) is 0 Å². The number of hydrogen-bond donors (Lipinski definition) is 5. The molecule has 6 N–H and O–H groups in total. The van der Waals surface area contributed by atoms with E-state index in [2.05, 4.69) is 27.2 Å². The largest absolute Gasteiger partial charge is 0.354 e. The van der Waals surface area contributed by atoms with Crippen molar-refractivity contribution in [3.8, 4) is 12.3 Å². The van der Waals surface area contributed by atoms with Crippen molar-refractivity contribution in [1.82, 2.24) is 21.3 Å². The van der Waals surface area contributed by atoms with Gasteiger partial charge in [-0.1, -0.05) is 6.42 Å². The number of nitrogens with one attached hydrogen (secondary N) is 4. The molecule has 2 rings (SSSR count). The van der Waals surface area contributed by atoms with Crippen molar-refractivity contribution in [3.63, 3.8) is 0 Å². The number of hydrogen-bond acceptors (Lipinski definition) is 5. The number of rotatable bonds is 11. The summed E-state index contributed by atoms with van der Waals surface area (Å²) in [7, 11) is 0. The first-order valence-electron chi connectivity index (χ1n) is 9.43. The second-order valence-corrected chi connectivity index (χ2v) is 8.13. The Kier molecular flexibility index (Phi) is 8.75. The smallest absolute Gasteiger partial charge is 0.315 e. The van der Waals surface area contributed by atoms with Crippen molar-refractivity contribution in [3.05, 3.63) is 0 Å². The van der Waals surface area contributed by atoms with E-state index in [1.807, 2.05) is 11.8 Å². The molecule has 0 saturated carbocycles. The molecule has 27 heavy (non-hydrogen) atoms. The molecule has 2 saturated heterocycles. The zero-order chi connectivity index (χ0) is 19.6. The molecule has 9 heteroatoms. The molecule has 2 aliphatic heterocycles. The van der Waals surface area contributed by atoms with E-state index in [9.17, 15) is 14.4 Å². The molecule has 0 aromatic carbocycles. The van der Waals surface area contributed by atoms with Crippen LogP contribution in [0.4, 0.5) is 4.79 Å². The third-order valence-corrected chi connectivity index (χ3v) is 6.27. The number of urea groups is 1. The van der Waals surface area contributed by atoms with Gasteiger partial charge in [0.1, 0.15) is 0 Å². The van der Waals surface area contributed by atoms with Gasteiger partial charge in [0.25, 0.3) is 0 Å². The molecule has 0 aromatic heterocycles. The minimum Gasteiger partial charge on any atom is -0.354 e. The highest BCUT2D eigenvalue weighted by atomic mass is 32.2. The molecule has 8 nitrogen and oxygen atoms in total. The second kappa shape index (κ2) is 11.0. The molecule has 4 amide bonds. The topological polar surface area (TPSA) is 125 Å². The molecule has 2 aliphatic rings. The van der Waals surface area contributed by atoms with Crippen molar-refractivity contribution >= 4 is 29.6 Å². The van der Waals surface area contributed by atoms with Crippen molar-refractivity contribution in [2.75, 3.05) is 18.8 Å². The predicted molar refractivity (Wildman–Crippen MR) is 106 cm³/mol. The van der Waals surface area contributed by atoms with Crippen LogP contribution in [0.25, 0.3) is 0 Å². The summed E-state index contributed by atoms with van der Waals surface area (Å²) in [5, 5.41) is 11.8. The first-order valence-corrected chi connectivity index (χ1v) is 10.5. The number of amides is 4. The van der Waals surface area contributed by atoms with E-state index < -0.39 is 6.04 Å². The Balaban J connectivity index is 1.48. The quantitative estimate of drug-likeness (QED) is 0.186. The highest BCUT2D eigenvalue weighted by Crippen LogP contribution is 2.33. The Labute approximate surface area is 164 Å². The van der Waals surface area contributed by atoms with Gasteiger partial charge in [-0.2, -0.15) is 11.8 Å². The van der Waals surface area contributed by atoms with Gasteiger partial charge in [-0.3, -0.25) is 9.59 Å². The number of carbonyl (C=O) groups is 3. The third-order valence-electron chi connectivity index (χ3n) is 4.76. The van der Waals surface area contributed by atoms with Crippen molar-refractivity contribution in [2.45, 2.75) is 61.9 Å². The van der Waals surface area contributed by atoms with Crippen LogP contribution in [0.5, 0.6) is 0 Å². The van der Waals surface area contributed by atoms with E-state index in [1.165, 1.54) is 0 Å². The van der Waals surface area contributed by atoms with E-state index in [-0.39, 0.29) is 29.9 Å². The monoisotopic (exact) mass is 395 g/mol. The van der Waals surface area contributed by atoms with Crippen molar-refractivity contribution < 1.29 is 14.4 Å². The molecular formula is C18H29N5O3S. The molecule has 0 bridgehead atoms.